The summed E-state index contributed by atoms with van der Waals surface area (Å²) in [5.41, 5.74) is 1.29. The topological polar surface area (TPSA) is 45.2 Å². The second-order valence-corrected chi connectivity index (χ2v) is 6.33. The maximum absolute atomic E-state index is 12.0. The molecule has 1 N–H and O–H groups in total. The Labute approximate surface area is 120 Å². The van der Waals surface area contributed by atoms with Gasteiger partial charge < -0.3 is 5.32 Å². The summed E-state index contributed by atoms with van der Waals surface area (Å²) in [6, 6.07) is 2.70. The zero-order chi connectivity index (χ0) is 13.1. The van der Waals surface area contributed by atoms with E-state index in [1.165, 1.54) is 29.7 Å². The van der Waals surface area contributed by atoms with Crippen LogP contribution in [0.4, 0.5) is 5.13 Å². The summed E-state index contributed by atoms with van der Waals surface area (Å²) in [6.07, 6.45) is 4.10. The van der Waals surface area contributed by atoms with E-state index in [0.29, 0.717) is 17.7 Å². The summed E-state index contributed by atoms with van der Waals surface area (Å²) in [7, 11) is 0. The summed E-state index contributed by atoms with van der Waals surface area (Å²) in [5.74, 6) is 0.0251. The van der Waals surface area contributed by atoms with E-state index in [4.69, 9.17) is 0 Å². The maximum Gasteiger partial charge on any atom is 0.240 e. The highest BCUT2D eigenvalue weighted by Crippen LogP contribution is 2.28. The normalized spacial score (nSPS) is 14.8. The van der Waals surface area contributed by atoms with Crippen LogP contribution >= 0.6 is 22.7 Å². The molecule has 0 bridgehead atoms. The van der Waals surface area contributed by atoms with Gasteiger partial charge in [0.05, 0.1) is 6.54 Å². The van der Waals surface area contributed by atoms with Crippen LogP contribution < -0.4 is 5.32 Å². The van der Waals surface area contributed by atoms with Crippen LogP contribution in [0.25, 0.3) is 0 Å². The van der Waals surface area contributed by atoms with Crippen LogP contribution in [0.5, 0.6) is 0 Å². The van der Waals surface area contributed by atoms with Gasteiger partial charge in [0.25, 0.3) is 0 Å². The number of anilines is 1. The summed E-state index contributed by atoms with van der Waals surface area (Å²) in [4.78, 5) is 18.3. The van der Waals surface area contributed by atoms with Crippen molar-refractivity contribution < 1.29 is 4.79 Å². The molecule has 0 spiro atoms. The van der Waals surface area contributed by atoms with E-state index in [1.807, 2.05) is 5.38 Å². The van der Waals surface area contributed by atoms with Crippen molar-refractivity contribution in [3.63, 3.8) is 0 Å². The molecule has 0 saturated heterocycles. The molecule has 1 aliphatic carbocycles. The Morgan fingerprint density at radius 1 is 1.47 bits per heavy atom. The molecule has 1 aliphatic rings. The first kappa shape index (κ1) is 12.8. The number of nitrogens with one attached hydrogen (secondary N) is 1. The fourth-order valence-corrected chi connectivity index (χ4v) is 3.20. The second-order valence-electron chi connectivity index (χ2n) is 4.65. The number of thiazole rings is 1. The molecular formula is C13H15N3OS2. The molecule has 1 amide bonds. The van der Waals surface area contributed by atoms with Crippen molar-refractivity contribution in [2.75, 3.05) is 11.9 Å². The predicted molar refractivity (Wildman–Crippen MR) is 78.5 cm³/mol. The Kier molecular flexibility index (Phi) is 3.91. The third kappa shape index (κ3) is 3.62. The highest BCUT2D eigenvalue weighted by atomic mass is 32.1. The van der Waals surface area contributed by atoms with Gasteiger partial charge in [-0.15, -0.1) is 11.3 Å². The van der Waals surface area contributed by atoms with E-state index in [9.17, 15) is 4.79 Å². The second kappa shape index (κ2) is 5.81. The van der Waals surface area contributed by atoms with E-state index in [1.54, 1.807) is 17.5 Å². The summed E-state index contributed by atoms with van der Waals surface area (Å²) in [5, 5.41) is 9.61. The van der Waals surface area contributed by atoms with Crippen molar-refractivity contribution in [1.29, 1.82) is 0 Å². The molecule has 6 heteroatoms. The molecule has 1 saturated carbocycles. The molecule has 0 aliphatic heterocycles. The van der Waals surface area contributed by atoms with E-state index in [0.717, 1.165) is 6.54 Å². The molecule has 2 heterocycles. The average Bonchev–Trinajstić information content (AvgIpc) is 2.87. The van der Waals surface area contributed by atoms with E-state index in [2.05, 4.69) is 32.0 Å². The molecule has 100 valence electrons. The molecule has 1 fully saturated rings. The first-order valence-electron chi connectivity index (χ1n) is 6.26. The fourth-order valence-electron chi connectivity index (χ4n) is 2.00. The van der Waals surface area contributed by atoms with Gasteiger partial charge in [0.15, 0.2) is 5.13 Å². The van der Waals surface area contributed by atoms with Crippen molar-refractivity contribution in [2.45, 2.75) is 25.4 Å². The number of carbonyl (C=O) groups excluding carboxylic acids is 1. The summed E-state index contributed by atoms with van der Waals surface area (Å²) in [6.45, 7) is 1.31. The minimum absolute atomic E-state index is 0.0251. The molecular weight excluding hydrogens is 278 g/mol. The van der Waals surface area contributed by atoms with E-state index in [-0.39, 0.29) is 5.91 Å². The largest absolute Gasteiger partial charge is 0.301 e. The van der Waals surface area contributed by atoms with Crippen molar-refractivity contribution >= 4 is 33.7 Å². The minimum Gasteiger partial charge on any atom is -0.301 e. The number of rotatable bonds is 6. The van der Waals surface area contributed by atoms with Gasteiger partial charge in [0, 0.05) is 24.2 Å². The van der Waals surface area contributed by atoms with Crippen LogP contribution in [0.1, 0.15) is 18.4 Å². The van der Waals surface area contributed by atoms with Gasteiger partial charge in [-0.3, -0.25) is 9.69 Å². The quantitative estimate of drug-likeness (QED) is 0.891. The van der Waals surface area contributed by atoms with Gasteiger partial charge in [-0.2, -0.15) is 11.3 Å². The molecule has 0 unspecified atom stereocenters. The Morgan fingerprint density at radius 3 is 3.00 bits per heavy atom. The smallest absolute Gasteiger partial charge is 0.240 e. The molecule has 3 rings (SSSR count). The summed E-state index contributed by atoms with van der Waals surface area (Å²) >= 11 is 3.15. The Bertz CT molecular complexity index is 520. The number of hydrogen-bond donors (Lipinski definition) is 1. The lowest BCUT2D eigenvalue weighted by Crippen LogP contribution is -2.34. The van der Waals surface area contributed by atoms with Gasteiger partial charge in [-0.25, -0.2) is 4.98 Å². The zero-order valence-electron chi connectivity index (χ0n) is 10.4. The lowest BCUT2D eigenvalue weighted by molar-refractivity contribution is -0.117. The van der Waals surface area contributed by atoms with Crippen molar-refractivity contribution in [3.8, 4) is 0 Å². The molecule has 0 aromatic carbocycles. The van der Waals surface area contributed by atoms with Crippen LogP contribution in [0.2, 0.25) is 0 Å². The van der Waals surface area contributed by atoms with Gasteiger partial charge in [0.1, 0.15) is 0 Å². The molecule has 2 aromatic rings. The highest BCUT2D eigenvalue weighted by molar-refractivity contribution is 7.13. The maximum atomic E-state index is 12.0. The predicted octanol–water partition coefficient (Wildman–Crippen LogP) is 2.81. The minimum atomic E-state index is 0.0251. The first-order valence-corrected chi connectivity index (χ1v) is 8.08. The third-order valence-corrected chi connectivity index (χ3v) is 4.47. The van der Waals surface area contributed by atoms with Crippen molar-refractivity contribution in [3.05, 3.63) is 34.0 Å². The van der Waals surface area contributed by atoms with Crippen molar-refractivity contribution in [1.82, 2.24) is 9.88 Å². The fraction of sp³-hybridized carbons (Fsp3) is 0.385. The lowest BCUT2D eigenvalue weighted by atomic mass is 10.3. The average molecular weight is 293 g/mol. The van der Waals surface area contributed by atoms with E-state index < -0.39 is 0 Å². The van der Waals surface area contributed by atoms with Gasteiger partial charge in [0.2, 0.25) is 5.91 Å². The summed E-state index contributed by atoms with van der Waals surface area (Å²) < 4.78 is 0. The van der Waals surface area contributed by atoms with Crippen LogP contribution in [-0.4, -0.2) is 28.4 Å². The molecule has 4 nitrogen and oxygen atoms in total. The monoisotopic (exact) mass is 293 g/mol. The number of thiophene rings is 1. The molecule has 19 heavy (non-hydrogen) atoms. The Morgan fingerprint density at radius 2 is 2.37 bits per heavy atom. The van der Waals surface area contributed by atoms with Crippen LogP contribution in [0.3, 0.4) is 0 Å². The number of aromatic nitrogens is 1. The van der Waals surface area contributed by atoms with Gasteiger partial charge in [-0.1, -0.05) is 0 Å². The number of carbonyl (C=O) groups is 1. The third-order valence-electron chi connectivity index (χ3n) is 3.05. The number of nitrogens with zero attached hydrogens (tertiary/aromatic N) is 2. The Balaban J connectivity index is 1.57. The molecule has 0 atom stereocenters. The first-order chi connectivity index (χ1) is 9.31. The Hall–Kier alpha value is -1.24. The van der Waals surface area contributed by atoms with Gasteiger partial charge in [-0.05, 0) is 35.2 Å². The van der Waals surface area contributed by atoms with Crippen molar-refractivity contribution in [2.24, 2.45) is 0 Å². The zero-order valence-corrected chi connectivity index (χ0v) is 12.0. The van der Waals surface area contributed by atoms with E-state index >= 15 is 0 Å². The molecule has 0 radical (unpaired) electrons. The van der Waals surface area contributed by atoms with Crippen LogP contribution in [0, 0.1) is 0 Å². The lowest BCUT2D eigenvalue weighted by Gasteiger charge is -2.20. The van der Waals surface area contributed by atoms with Crippen LogP contribution in [-0.2, 0) is 11.3 Å². The highest BCUT2D eigenvalue weighted by Gasteiger charge is 2.30. The van der Waals surface area contributed by atoms with Gasteiger partial charge >= 0.3 is 0 Å². The van der Waals surface area contributed by atoms with Crippen LogP contribution in [0.15, 0.2) is 28.4 Å². The molecule has 2 aromatic heterocycles. The number of hydrogen-bond acceptors (Lipinski definition) is 5. The standard InChI is InChI=1S/C13H15N3OS2/c17-12(15-13-14-4-6-19-13)8-16(11-1-2-11)7-10-3-5-18-9-10/h3-6,9,11H,1-2,7-8H2,(H,14,15,17). The SMILES string of the molecule is O=C(CN(Cc1ccsc1)C1CC1)Nc1nccs1. The number of amides is 1.